The van der Waals surface area contributed by atoms with Gasteiger partial charge in [0.25, 0.3) is 0 Å². The van der Waals surface area contributed by atoms with Crippen molar-refractivity contribution in [1.82, 2.24) is 9.78 Å². The summed E-state index contributed by atoms with van der Waals surface area (Å²) < 4.78 is 12.8. The highest BCUT2D eigenvalue weighted by atomic mass is 16.6. The standard InChI is InChI=1S/C17H22N4O3/c1-11(2)21-16(6-7-18-21)20-17(22)12(3)19-13-4-5-14-15(10-13)24-9-8-23-14/h4-7,10-12,19H,8-9H2,1-3H3,(H,20,22). The number of anilines is 2. The van der Waals surface area contributed by atoms with E-state index in [0.29, 0.717) is 24.8 Å². The number of nitrogens with one attached hydrogen (secondary N) is 2. The molecule has 2 aromatic rings. The summed E-state index contributed by atoms with van der Waals surface area (Å²) in [4.78, 5) is 12.4. The number of amides is 1. The van der Waals surface area contributed by atoms with Crippen LogP contribution >= 0.6 is 0 Å². The molecule has 0 saturated carbocycles. The molecule has 0 bridgehead atoms. The van der Waals surface area contributed by atoms with Crippen LogP contribution in [0.2, 0.25) is 0 Å². The average molecular weight is 330 g/mol. The smallest absolute Gasteiger partial charge is 0.247 e. The van der Waals surface area contributed by atoms with Crippen molar-refractivity contribution in [3.05, 3.63) is 30.5 Å². The van der Waals surface area contributed by atoms with Gasteiger partial charge in [-0.3, -0.25) is 4.79 Å². The van der Waals surface area contributed by atoms with Gasteiger partial charge in [-0.1, -0.05) is 0 Å². The van der Waals surface area contributed by atoms with Crippen molar-refractivity contribution < 1.29 is 14.3 Å². The van der Waals surface area contributed by atoms with E-state index in [-0.39, 0.29) is 11.9 Å². The lowest BCUT2D eigenvalue weighted by Gasteiger charge is -2.21. The van der Waals surface area contributed by atoms with Crippen LogP contribution in [0.3, 0.4) is 0 Å². The van der Waals surface area contributed by atoms with Crippen molar-refractivity contribution in [1.29, 1.82) is 0 Å². The first-order chi connectivity index (χ1) is 11.5. The largest absolute Gasteiger partial charge is 0.486 e. The number of fused-ring (bicyclic) bond motifs is 1. The minimum Gasteiger partial charge on any atom is -0.486 e. The lowest BCUT2D eigenvalue weighted by molar-refractivity contribution is -0.116. The molecule has 2 heterocycles. The molecule has 1 unspecified atom stereocenters. The predicted octanol–water partition coefficient (Wildman–Crippen LogP) is 2.67. The molecule has 0 spiro atoms. The number of carbonyl (C=O) groups is 1. The van der Waals surface area contributed by atoms with Gasteiger partial charge in [0.2, 0.25) is 5.91 Å². The van der Waals surface area contributed by atoms with Gasteiger partial charge in [-0.15, -0.1) is 0 Å². The maximum atomic E-state index is 12.4. The van der Waals surface area contributed by atoms with Gasteiger partial charge < -0.3 is 20.1 Å². The van der Waals surface area contributed by atoms with E-state index in [1.54, 1.807) is 16.9 Å². The van der Waals surface area contributed by atoms with Crippen LogP contribution in [-0.2, 0) is 4.79 Å². The van der Waals surface area contributed by atoms with Crippen molar-refractivity contribution in [3.63, 3.8) is 0 Å². The number of ether oxygens (including phenoxy) is 2. The summed E-state index contributed by atoms with van der Waals surface area (Å²) in [5, 5.41) is 10.3. The summed E-state index contributed by atoms with van der Waals surface area (Å²) in [6.45, 7) is 6.93. The summed E-state index contributed by atoms with van der Waals surface area (Å²) >= 11 is 0. The molecule has 1 aromatic carbocycles. The van der Waals surface area contributed by atoms with Crippen molar-refractivity contribution in [2.24, 2.45) is 0 Å². The van der Waals surface area contributed by atoms with Gasteiger partial charge in [-0.05, 0) is 32.9 Å². The third-order valence-electron chi connectivity index (χ3n) is 3.73. The second-order valence-electron chi connectivity index (χ2n) is 5.97. The van der Waals surface area contributed by atoms with E-state index in [1.165, 1.54) is 0 Å². The molecule has 7 nitrogen and oxygen atoms in total. The molecule has 1 aliphatic rings. The fraction of sp³-hybridized carbons (Fsp3) is 0.412. The van der Waals surface area contributed by atoms with Crippen LogP contribution in [0.25, 0.3) is 0 Å². The van der Waals surface area contributed by atoms with Crippen LogP contribution in [0.5, 0.6) is 11.5 Å². The van der Waals surface area contributed by atoms with E-state index in [4.69, 9.17) is 9.47 Å². The molecule has 1 aromatic heterocycles. The Morgan fingerprint density at radius 2 is 1.92 bits per heavy atom. The minimum absolute atomic E-state index is 0.132. The van der Waals surface area contributed by atoms with Gasteiger partial charge >= 0.3 is 0 Å². The average Bonchev–Trinajstić information content (AvgIpc) is 3.03. The number of nitrogens with zero attached hydrogens (tertiary/aromatic N) is 2. The van der Waals surface area contributed by atoms with Gasteiger partial charge in [-0.25, -0.2) is 4.68 Å². The van der Waals surface area contributed by atoms with E-state index in [1.807, 2.05) is 39.0 Å². The first-order valence-electron chi connectivity index (χ1n) is 8.05. The molecule has 0 radical (unpaired) electrons. The molecular weight excluding hydrogens is 308 g/mol. The molecule has 1 aliphatic heterocycles. The molecule has 2 N–H and O–H groups in total. The van der Waals surface area contributed by atoms with Crippen molar-refractivity contribution in [2.45, 2.75) is 32.9 Å². The summed E-state index contributed by atoms with van der Waals surface area (Å²) in [6.07, 6.45) is 1.68. The number of carbonyl (C=O) groups excluding carboxylic acids is 1. The molecule has 128 valence electrons. The van der Waals surface area contributed by atoms with Crippen molar-refractivity contribution in [3.8, 4) is 11.5 Å². The predicted molar refractivity (Wildman–Crippen MR) is 91.8 cm³/mol. The Morgan fingerprint density at radius 3 is 2.67 bits per heavy atom. The molecule has 1 atom stereocenters. The summed E-state index contributed by atoms with van der Waals surface area (Å²) in [5.74, 6) is 1.97. The molecular formula is C17H22N4O3. The Labute approximate surface area is 140 Å². The SMILES string of the molecule is CC(Nc1ccc2c(c1)OCCO2)C(=O)Nc1ccnn1C(C)C. The Bertz CT molecular complexity index is 726. The Hall–Kier alpha value is -2.70. The molecule has 3 rings (SSSR count). The summed E-state index contributed by atoms with van der Waals surface area (Å²) in [5.41, 5.74) is 0.805. The van der Waals surface area contributed by atoms with Crippen molar-refractivity contribution in [2.75, 3.05) is 23.8 Å². The molecule has 0 saturated heterocycles. The van der Waals surface area contributed by atoms with Crippen LogP contribution in [0, 0.1) is 0 Å². The second kappa shape index (κ2) is 6.82. The van der Waals surface area contributed by atoms with Crippen LogP contribution in [-0.4, -0.2) is 34.9 Å². The van der Waals surface area contributed by atoms with Gasteiger partial charge in [0.15, 0.2) is 11.5 Å². The van der Waals surface area contributed by atoms with Gasteiger partial charge in [0, 0.05) is 23.9 Å². The topological polar surface area (TPSA) is 77.4 Å². The highest BCUT2D eigenvalue weighted by molar-refractivity contribution is 5.95. The zero-order valence-electron chi connectivity index (χ0n) is 14.1. The normalized spacial score (nSPS) is 14.3. The van der Waals surface area contributed by atoms with E-state index in [2.05, 4.69) is 15.7 Å². The molecule has 0 fully saturated rings. The van der Waals surface area contributed by atoms with Crippen LogP contribution in [0.15, 0.2) is 30.5 Å². The quantitative estimate of drug-likeness (QED) is 0.881. The molecule has 7 heteroatoms. The number of benzene rings is 1. The highest BCUT2D eigenvalue weighted by Crippen LogP contribution is 2.32. The Balaban J connectivity index is 1.65. The lowest BCUT2D eigenvalue weighted by Crippen LogP contribution is -2.32. The number of aromatic nitrogens is 2. The molecule has 1 amide bonds. The van der Waals surface area contributed by atoms with E-state index in [9.17, 15) is 4.79 Å². The number of hydrogen-bond acceptors (Lipinski definition) is 5. The summed E-state index contributed by atoms with van der Waals surface area (Å²) in [7, 11) is 0. The van der Waals surface area contributed by atoms with Gasteiger partial charge in [0.05, 0.1) is 6.20 Å². The third-order valence-corrected chi connectivity index (χ3v) is 3.73. The maximum Gasteiger partial charge on any atom is 0.247 e. The van der Waals surface area contributed by atoms with Gasteiger partial charge in [0.1, 0.15) is 25.1 Å². The third kappa shape index (κ3) is 3.45. The van der Waals surface area contributed by atoms with Crippen molar-refractivity contribution >= 4 is 17.4 Å². The first-order valence-corrected chi connectivity index (χ1v) is 8.05. The monoisotopic (exact) mass is 330 g/mol. The summed E-state index contributed by atoms with van der Waals surface area (Å²) in [6, 6.07) is 7.11. The van der Waals surface area contributed by atoms with E-state index >= 15 is 0 Å². The number of rotatable bonds is 5. The minimum atomic E-state index is -0.414. The Morgan fingerprint density at radius 1 is 1.17 bits per heavy atom. The van der Waals surface area contributed by atoms with Crippen LogP contribution in [0.1, 0.15) is 26.8 Å². The highest BCUT2D eigenvalue weighted by Gasteiger charge is 2.17. The van der Waals surface area contributed by atoms with Gasteiger partial charge in [-0.2, -0.15) is 5.10 Å². The Kier molecular flexibility index (Phi) is 4.59. The second-order valence-corrected chi connectivity index (χ2v) is 5.97. The van der Waals surface area contributed by atoms with Crippen LogP contribution in [0.4, 0.5) is 11.5 Å². The van der Waals surface area contributed by atoms with E-state index < -0.39 is 6.04 Å². The zero-order valence-corrected chi connectivity index (χ0v) is 14.1. The van der Waals surface area contributed by atoms with E-state index in [0.717, 1.165) is 11.4 Å². The fourth-order valence-corrected chi connectivity index (χ4v) is 2.51. The molecule has 0 aliphatic carbocycles. The zero-order chi connectivity index (χ0) is 17.1. The maximum absolute atomic E-state index is 12.4. The van der Waals surface area contributed by atoms with Crippen LogP contribution < -0.4 is 20.1 Å². The lowest BCUT2D eigenvalue weighted by atomic mass is 10.2. The number of hydrogen-bond donors (Lipinski definition) is 2. The molecule has 24 heavy (non-hydrogen) atoms. The first kappa shape index (κ1) is 16.2. The fourth-order valence-electron chi connectivity index (χ4n) is 2.51.